The number of hydrogen-bond donors (Lipinski definition) is 1. The van der Waals surface area contributed by atoms with Gasteiger partial charge in [-0.3, -0.25) is 9.78 Å². The zero-order valence-corrected chi connectivity index (χ0v) is 12.7. The number of nitrogens with one attached hydrogen (secondary N) is 1. The number of nitriles is 1. The summed E-state index contributed by atoms with van der Waals surface area (Å²) < 4.78 is 5.68. The van der Waals surface area contributed by atoms with Gasteiger partial charge >= 0.3 is 0 Å². The molecule has 1 heterocycles. The van der Waals surface area contributed by atoms with E-state index in [1.54, 1.807) is 36.5 Å². The molecule has 0 saturated carbocycles. The van der Waals surface area contributed by atoms with Crippen LogP contribution in [0.3, 0.4) is 0 Å². The molecule has 0 unspecified atom stereocenters. The molecule has 2 aromatic rings. The highest BCUT2D eigenvalue weighted by molar-refractivity contribution is 5.93. The Labute approximate surface area is 134 Å². The van der Waals surface area contributed by atoms with Crippen molar-refractivity contribution in [3.05, 3.63) is 53.3 Å². The maximum atomic E-state index is 12.1. The quantitative estimate of drug-likeness (QED) is 0.942. The number of pyridine rings is 1. The molecule has 0 spiro atoms. The van der Waals surface area contributed by atoms with E-state index in [0.717, 1.165) is 42.7 Å². The zero-order valence-electron chi connectivity index (χ0n) is 12.7. The number of carbonyl (C=O) groups is 1. The third-order valence-corrected chi connectivity index (χ3v) is 3.87. The Bertz CT molecular complexity index is 765. The molecule has 5 nitrogen and oxygen atoms in total. The summed E-state index contributed by atoms with van der Waals surface area (Å²) in [4.78, 5) is 16.4. The largest absolute Gasteiger partial charge is 0.483 e. The summed E-state index contributed by atoms with van der Waals surface area (Å²) in [6.07, 6.45) is 5.90. The van der Waals surface area contributed by atoms with E-state index in [4.69, 9.17) is 10.00 Å². The molecule has 0 bridgehead atoms. The van der Waals surface area contributed by atoms with E-state index >= 15 is 0 Å². The van der Waals surface area contributed by atoms with Crippen molar-refractivity contribution in [3.63, 3.8) is 0 Å². The van der Waals surface area contributed by atoms with E-state index in [1.807, 2.05) is 0 Å². The van der Waals surface area contributed by atoms with Crippen LogP contribution in [-0.2, 0) is 17.6 Å². The lowest BCUT2D eigenvalue weighted by Crippen LogP contribution is -2.21. The molecule has 0 radical (unpaired) electrons. The van der Waals surface area contributed by atoms with Gasteiger partial charge in [0.2, 0.25) is 0 Å². The summed E-state index contributed by atoms with van der Waals surface area (Å²) in [5.41, 5.74) is 3.12. The van der Waals surface area contributed by atoms with Crippen molar-refractivity contribution in [2.75, 3.05) is 11.9 Å². The Hall–Kier alpha value is -2.87. The first-order valence-corrected chi connectivity index (χ1v) is 7.66. The van der Waals surface area contributed by atoms with Crippen molar-refractivity contribution in [1.82, 2.24) is 4.98 Å². The smallest absolute Gasteiger partial charge is 0.262 e. The van der Waals surface area contributed by atoms with Crippen molar-refractivity contribution in [2.24, 2.45) is 0 Å². The summed E-state index contributed by atoms with van der Waals surface area (Å²) in [6.45, 7) is -0.0871. The van der Waals surface area contributed by atoms with Gasteiger partial charge in [0.1, 0.15) is 11.8 Å². The number of fused-ring (bicyclic) bond motifs is 1. The van der Waals surface area contributed by atoms with Crippen LogP contribution in [0.4, 0.5) is 5.69 Å². The highest BCUT2D eigenvalue weighted by Crippen LogP contribution is 2.27. The highest BCUT2D eigenvalue weighted by Gasteiger charge is 2.16. The third kappa shape index (κ3) is 3.49. The van der Waals surface area contributed by atoms with E-state index < -0.39 is 0 Å². The van der Waals surface area contributed by atoms with Gasteiger partial charge in [-0.15, -0.1) is 0 Å². The van der Waals surface area contributed by atoms with Gasteiger partial charge < -0.3 is 10.1 Å². The Balaban J connectivity index is 1.65. The minimum atomic E-state index is -0.283. The number of ether oxygens (including phenoxy) is 1. The molecule has 116 valence electrons. The van der Waals surface area contributed by atoms with Gasteiger partial charge in [0.05, 0.1) is 11.3 Å². The van der Waals surface area contributed by atoms with E-state index in [2.05, 4.69) is 16.4 Å². The predicted molar refractivity (Wildman–Crippen MR) is 86.2 cm³/mol. The third-order valence-electron chi connectivity index (χ3n) is 3.87. The summed E-state index contributed by atoms with van der Waals surface area (Å²) in [5, 5.41) is 11.7. The van der Waals surface area contributed by atoms with Gasteiger partial charge in [-0.2, -0.15) is 5.26 Å². The fourth-order valence-electron chi connectivity index (χ4n) is 2.75. The second-order valence-corrected chi connectivity index (χ2v) is 5.44. The van der Waals surface area contributed by atoms with Crippen LogP contribution in [0.5, 0.6) is 5.75 Å². The van der Waals surface area contributed by atoms with Gasteiger partial charge in [-0.1, -0.05) is 12.1 Å². The number of aryl methyl sites for hydroxylation is 1. The second kappa shape index (κ2) is 6.93. The fourth-order valence-corrected chi connectivity index (χ4v) is 2.75. The lowest BCUT2D eigenvalue weighted by Gasteiger charge is -2.18. The number of para-hydroxylation sites is 1. The van der Waals surface area contributed by atoms with Gasteiger partial charge in [0.25, 0.3) is 5.91 Å². The molecule has 1 N–H and O–H groups in total. The summed E-state index contributed by atoms with van der Waals surface area (Å²) in [6, 6.07) is 10.8. The number of aromatic nitrogens is 1. The number of rotatable bonds is 4. The molecule has 0 aliphatic heterocycles. The lowest BCUT2D eigenvalue weighted by atomic mass is 9.95. The van der Waals surface area contributed by atoms with E-state index in [-0.39, 0.29) is 12.5 Å². The standard InChI is InChI=1S/C18H17N3O2/c19-11-13-5-1-3-7-15(13)21-18(22)12-23-17-9-10-20-16-8-4-2-6-14(16)17/h1,3,5,7,9-10H,2,4,6,8,12H2,(H,21,22). The van der Waals surface area contributed by atoms with Crippen LogP contribution in [0.2, 0.25) is 0 Å². The molecule has 0 atom stereocenters. The molecule has 3 rings (SSSR count). The van der Waals surface area contributed by atoms with Crippen LogP contribution in [-0.4, -0.2) is 17.5 Å². The van der Waals surface area contributed by atoms with Crippen LogP contribution in [0.15, 0.2) is 36.5 Å². The number of hydrogen-bond acceptors (Lipinski definition) is 4. The van der Waals surface area contributed by atoms with Crippen molar-refractivity contribution < 1.29 is 9.53 Å². The maximum Gasteiger partial charge on any atom is 0.262 e. The topological polar surface area (TPSA) is 75.0 Å². The number of benzene rings is 1. The molecule has 1 aromatic carbocycles. The van der Waals surface area contributed by atoms with Crippen molar-refractivity contribution >= 4 is 11.6 Å². The summed E-state index contributed by atoms with van der Waals surface area (Å²) in [5.74, 6) is 0.451. The molecule has 5 heteroatoms. The van der Waals surface area contributed by atoms with Gasteiger partial charge in [0.15, 0.2) is 6.61 Å². The normalized spacial score (nSPS) is 12.8. The van der Waals surface area contributed by atoms with Crippen LogP contribution in [0, 0.1) is 11.3 Å². The van der Waals surface area contributed by atoms with Crippen LogP contribution in [0.1, 0.15) is 29.7 Å². The Morgan fingerprint density at radius 3 is 2.96 bits per heavy atom. The van der Waals surface area contributed by atoms with Gasteiger partial charge in [-0.05, 0) is 43.9 Å². The monoisotopic (exact) mass is 307 g/mol. The van der Waals surface area contributed by atoms with E-state index in [0.29, 0.717) is 11.3 Å². The fraction of sp³-hybridized carbons (Fsp3) is 0.278. The van der Waals surface area contributed by atoms with E-state index in [1.165, 1.54) is 0 Å². The Morgan fingerprint density at radius 2 is 2.09 bits per heavy atom. The van der Waals surface area contributed by atoms with Crippen LogP contribution < -0.4 is 10.1 Å². The minimum absolute atomic E-state index is 0.0871. The predicted octanol–water partition coefficient (Wildman–Crippen LogP) is 2.85. The number of amides is 1. The average Bonchev–Trinajstić information content (AvgIpc) is 2.60. The Kier molecular flexibility index (Phi) is 4.53. The van der Waals surface area contributed by atoms with Crippen molar-refractivity contribution in [3.8, 4) is 11.8 Å². The van der Waals surface area contributed by atoms with Crippen LogP contribution in [0.25, 0.3) is 0 Å². The zero-order chi connectivity index (χ0) is 16.1. The Morgan fingerprint density at radius 1 is 1.26 bits per heavy atom. The summed E-state index contributed by atoms with van der Waals surface area (Å²) >= 11 is 0. The molecule has 1 aliphatic carbocycles. The number of anilines is 1. The molecular weight excluding hydrogens is 290 g/mol. The van der Waals surface area contributed by atoms with Crippen LogP contribution >= 0.6 is 0 Å². The van der Waals surface area contributed by atoms with Gasteiger partial charge in [-0.25, -0.2) is 0 Å². The average molecular weight is 307 g/mol. The van der Waals surface area contributed by atoms with Crippen molar-refractivity contribution in [1.29, 1.82) is 5.26 Å². The first-order valence-electron chi connectivity index (χ1n) is 7.66. The number of carbonyl (C=O) groups excluding carboxylic acids is 1. The lowest BCUT2D eigenvalue weighted by molar-refractivity contribution is -0.118. The van der Waals surface area contributed by atoms with Crippen molar-refractivity contribution in [2.45, 2.75) is 25.7 Å². The second-order valence-electron chi connectivity index (χ2n) is 5.44. The molecule has 1 amide bonds. The molecule has 1 aromatic heterocycles. The first-order chi connectivity index (χ1) is 11.3. The SMILES string of the molecule is N#Cc1ccccc1NC(=O)COc1ccnc2c1CCCC2. The molecule has 0 saturated heterocycles. The molecule has 1 aliphatic rings. The highest BCUT2D eigenvalue weighted by atomic mass is 16.5. The maximum absolute atomic E-state index is 12.1. The minimum Gasteiger partial charge on any atom is -0.483 e. The number of nitrogens with zero attached hydrogens (tertiary/aromatic N) is 2. The van der Waals surface area contributed by atoms with E-state index in [9.17, 15) is 4.79 Å². The van der Waals surface area contributed by atoms with Gasteiger partial charge in [0, 0.05) is 17.5 Å². The molecule has 23 heavy (non-hydrogen) atoms. The molecule has 0 fully saturated rings. The summed E-state index contributed by atoms with van der Waals surface area (Å²) in [7, 11) is 0. The first kappa shape index (κ1) is 15.0. The molecular formula is C18H17N3O2.